The topological polar surface area (TPSA) is 41.5 Å². The minimum Gasteiger partial charge on any atom is -0.396 e. The third-order valence-corrected chi connectivity index (χ3v) is 3.07. The Balaban J connectivity index is 2.10. The molecule has 0 aromatic carbocycles. The van der Waals surface area contributed by atoms with Crippen LogP contribution in [0.25, 0.3) is 0 Å². The molecule has 3 heteroatoms. The SMILES string of the molecule is COC1CCC(NCC(C)CO)CC1. The molecule has 0 saturated heterocycles. The van der Waals surface area contributed by atoms with Gasteiger partial charge in [0.2, 0.25) is 0 Å². The lowest BCUT2D eigenvalue weighted by Crippen LogP contribution is -2.37. The Morgan fingerprint density at radius 3 is 2.50 bits per heavy atom. The lowest BCUT2D eigenvalue weighted by molar-refractivity contribution is 0.0617. The standard InChI is InChI=1S/C11H23NO2/c1-9(8-13)7-12-10-3-5-11(14-2)6-4-10/h9-13H,3-8H2,1-2H3. The molecule has 1 aliphatic carbocycles. The van der Waals surface area contributed by atoms with Gasteiger partial charge in [0, 0.05) is 26.3 Å². The Morgan fingerprint density at radius 1 is 1.36 bits per heavy atom. The number of aliphatic hydroxyl groups excluding tert-OH is 1. The van der Waals surface area contributed by atoms with E-state index in [9.17, 15) is 0 Å². The quantitative estimate of drug-likeness (QED) is 0.701. The van der Waals surface area contributed by atoms with E-state index in [0.29, 0.717) is 18.1 Å². The van der Waals surface area contributed by atoms with Crippen molar-refractivity contribution >= 4 is 0 Å². The Labute approximate surface area is 86.8 Å². The van der Waals surface area contributed by atoms with E-state index in [4.69, 9.17) is 9.84 Å². The van der Waals surface area contributed by atoms with Crippen LogP contribution in [0, 0.1) is 5.92 Å². The molecule has 1 rings (SSSR count). The first-order chi connectivity index (χ1) is 6.76. The van der Waals surface area contributed by atoms with Crippen molar-refractivity contribution in [2.75, 3.05) is 20.3 Å². The van der Waals surface area contributed by atoms with E-state index in [1.54, 1.807) is 7.11 Å². The lowest BCUT2D eigenvalue weighted by Gasteiger charge is -2.29. The van der Waals surface area contributed by atoms with Gasteiger partial charge in [-0.1, -0.05) is 6.92 Å². The molecular formula is C11H23NO2. The van der Waals surface area contributed by atoms with Crippen LogP contribution in [-0.2, 0) is 4.74 Å². The molecule has 1 unspecified atom stereocenters. The predicted molar refractivity (Wildman–Crippen MR) is 57.3 cm³/mol. The molecule has 1 fully saturated rings. The minimum absolute atomic E-state index is 0.278. The fraction of sp³-hybridized carbons (Fsp3) is 1.00. The Kier molecular flexibility index (Phi) is 5.45. The van der Waals surface area contributed by atoms with E-state index in [1.807, 2.05) is 0 Å². The van der Waals surface area contributed by atoms with E-state index in [0.717, 1.165) is 6.54 Å². The Morgan fingerprint density at radius 2 is 2.00 bits per heavy atom. The van der Waals surface area contributed by atoms with E-state index < -0.39 is 0 Å². The molecule has 84 valence electrons. The highest BCUT2D eigenvalue weighted by molar-refractivity contribution is 4.77. The molecule has 14 heavy (non-hydrogen) atoms. The molecule has 0 aliphatic heterocycles. The minimum atomic E-state index is 0.278. The summed E-state index contributed by atoms with van der Waals surface area (Å²) in [4.78, 5) is 0. The van der Waals surface area contributed by atoms with Gasteiger partial charge >= 0.3 is 0 Å². The zero-order valence-electron chi connectivity index (χ0n) is 9.33. The summed E-state index contributed by atoms with van der Waals surface area (Å²) in [5, 5.41) is 12.4. The van der Waals surface area contributed by atoms with Crippen molar-refractivity contribution in [3.8, 4) is 0 Å². The highest BCUT2D eigenvalue weighted by Gasteiger charge is 2.20. The van der Waals surface area contributed by atoms with Crippen LogP contribution in [0.15, 0.2) is 0 Å². The first-order valence-corrected chi connectivity index (χ1v) is 5.63. The second-order valence-corrected chi connectivity index (χ2v) is 4.41. The molecule has 0 aromatic rings. The average Bonchev–Trinajstić information content (AvgIpc) is 2.26. The maximum atomic E-state index is 8.88. The highest BCUT2D eigenvalue weighted by Crippen LogP contribution is 2.20. The van der Waals surface area contributed by atoms with Gasteiger partial charge in [0.15, 0.2) is 0 Å². The molecule has 1 aliphatic rings. The zero-order chi connectivity index (χ0) is 10.4. The van der Waals surface area contributed by atoms with Gasteiger partial charge in [0.25, 0.3) is 0 Å². The van der Waals surface area contributed by atoms with Gasteiger partial charge in [-0.05, 0) is 31.6 Å². The third kappa shape index (κ3) is 3.95. The van der Waals surface area contributed by atoms with Crippen LogP contribution < -0.4 is 5.32 Å². The maximum Gasteiger partial charge on any atom is 0.0572 e. The van der Waals surface area contributed by atoms with Gasteiger partial charge in [0.1, 0.15) is 0 Å². The fourth-order valence-corrected chi connectivity index (χ4v) is 1.94. The summed E-state index contributed by atoms with van der Waals surface area (Å²) in [5.74, 6) is 0.371. The number of ether oxygens (including phenoxy) is 1. The van der Waals surface area contributed by atoms with E-state index in [-0.39, 0.29) is 6.61 Å². The fourth-order valence-electron chi connectivity index (χ4n) is 1.94. The van der Waals surface area contributed by atoms with Gasteiger partial charge in [-0.15, -0.1) is 0 Å². The molecule has 2 N–H and O–H groups in total. The molecule has 1 saturated carbocycles. The summed E-state index contributed by atoms with van der Waals surface area (Å²) in [6.45, 7) is 3.27. The third-order valence-electron chi connectivity index (χ3n) is 3.07. The molecule has 0 heterocycles. The smallest absolute Gasteiger partial charge is 0.0572 e. The highest BCUT2D eigenvalue weighted by atomic mass is 16.5. The summed E-state index contributed by atoms with van der Waals surface area (Å²) in [7, 11) is 1.80. The van der Waals surface area contributed by atoms with Crippen molar-refractivity contribution in [1.82, 2.24) is 5.32 Å². The van der Waals surface area contributed by atoms with E-state index >= 15 is 0 Å². The summed E-state index contributed by atoms with van der Waals surface area (Å²) in [6.07, 6.45) is 5.22. The number of nitrogens with one attached hydrogen (secondary N) is 1. The van der Waals surface area contributed by atoms with Gasteiger partial charge in [0.05, 0.1) is 6.10 Å². The summed E-state index contributed by atoms with van der Waals surface area (Å²) in [5.41, 5.74) is 0. The lowest BCUT2D eigenvalue weighted by atomic mass is 9.92. The molecule has 0 spiro atoms. The summed E-state index contributed by atoms with van der Waals surface area (Å²) >= 11 is 0. The number of aliphatic hydroxyl groups is 1. The van der Waals surface area contributed by atoms with Crippen LogP contribution in [0.4, 0.5) is 0 Å². The molecule has 3 nitrogen and oxygen atoms in total. The Bertz CT molecular complexity index is 144. The van der Waals surface area contributed by atoms with Crippen molar-refractivity contribution in [1.29, 1.82) is 0 Å². The second kappa shape index (κ2) is 6.38. The van der Waals surface area contributed by atoms with Crippen LogP contribution in [0.1, 0.15) is 32.6 Å². The normalized spacial score (nSPS) is 30.2. The monoisotopic (exact) mass is 201 g/mol. The van der Waals surface area contributed by atoms with Gasteiger partial charge in [-0.3, -0.25) is 0 Å². The molecular weight excluding hydrogens is 178 g/mol. The van der Waals surface area contributed by atoms with Crippen molar-refractivity contribution in [3.05, 3.63) is 0 Å². The van der Waals surface area contributed by atoms with Crippen molar-refractivity contribution in [2.24, 2.45) is 5.92 Å². The molecule has 0 bridgehead atoms. The molecule has 0 amide bonds. The van der Waals surface area contributed by atoms with E-state index in [2.05, 4.69) is 12.2 Å². The van der Waals surface area contributed by atoms with Gasteiger partial charge in [-0.2, -0.15) is 0 Å². The van der Waals surface area contributed by atoms with Crippen molar-refractivity contribution in [2.45, 2.75) is 44.8 Å². The molecule has 1 atom stereocenters. The Hall–Kier alpha value is -0.120. The summed E-state index contributed by atoms with van der Waals surface area (Å²) in [6, 6.07) is 0.635. The first kappa shape index (κ1) is 12.0. The van der Waals surface area contributed by atoms with E-state index in [1.165, 1.54) is 25.7 Å². The van der Waals surface area contributed by atoms with Crippen LogP contribution >= 0.6 is 0 Å². The maximum absolute atomic E-state index is 8.88. The summed E-state index contributed by atoms with van der Waals surface area (Å²) < 4.78 is 5.32. The molecule has 0 radical (unpaired) electrons. The average molecular weight is 201 g/mol. The second-order valence-electron chi connectivity index (χ2n) is 4.41. The van der Waals surface area contributed by atoms with Gasteiger partial charge < -0.3 is 15.2 Å². The number of methoxy groups -OCH3 is 1. The number of rotatable bonds is 5. The van der Waals surface area contributed by atoms with Crippen molar-refractivity contribution < 1.29 is 9.84 Å². The zero-order valence-corrected chi connectivity index (χ0v) is 9.33. The largest absolute Gasteiger partial charge is 0.396 e. The van der Waals surface area contributed by atoms with Gasteiger partial charge in [-0.25, -0.2) is 0 Å². The number of hydrogen-bond acceptors (Lipinski definition) is 3. The predicted octanol–water partition coefficient (Wildman–Crippen LogP) is 1.16. The number of hydrogen-bond donors (Lipinski definition) is 2. The van der Waals surface area contributed by atoms with Crippen LogP contribution in [0.2, 0.25) is 0 Å². The molecule has 0 aromatic heterocycles. The first-order valence-electron chi connectivity index (χ1n) is 5.63. The van der Waals surface area contributed by atoms with Crippen molar-refractivity contribution in [3.63, 3.8) is 0 Å². The van der Waals surface area contributed by atoms with Crippen LogP contribution in [-0.4, -0.2) is 37.5 Å². The van der Waals surface area contributed by atoms with Crippen LogP contribution in [0.5, 0.6) is 0 Å². The van der Waals surface area contributed by atoms with Crippen LogP contribution in [0.3, 0.4) is 0 Å².